The van der Waals surface area contributed by atoms with Gasteiger partial charge in [0.05, 0.1) is 11.6 Å². The molecule has 3 N–H and O–H groups in total. The second-order valence-corrected chi connectivity index (χ2v) is 10.1. The first-order chi connectivity index (χ1) is 16.9. The highest BCUT2D eigenvalue weighted by atomic mass is 16.4. The molecule has 1 heterocycles. The van der Waals surface area contributed by atoms with Gasteiger partial charge in [0.25, 0.3) is 5.91 Å². The number of benzene rings is 2. The zero-order valence-corrected chi connectivity index (χ0v) is 21.3. The Bertz CT molecular complexity index is 1360. The number of nitriles is 1. The molecule has 8 heteroatoms. The molecule has 0 spiro atoms. The van der Waals surface area contributed by atoms with Crippen LogP contribution in [0.15, 0.2) is 42.6 Å². The average molecular weight is 489 g/mol. The molecule has 2 amide bonds. The van der Waals surface area contributed by atoms with Crippen molar-refractivity contribution in [1.29, 1.82) is 5.26 Å². The molecule has 0 bridgehead atoms. The molecular formula is C28H32N4O4. The Kier molecular flexibility index (Phi) is 7.83. The molecule has 36 heavy (non-hydrogen) atoms. The first kappa shape index (κ1) is 26.5. The minimum atomic E-state index is -0.881. The number of hydrogen-bond donors (Lipinski definition) is 3. The second kappa shape index (κ2) is 10.6. The van der Waals surface area contributed by atoms with E-state index in [0.717, 1.165) is 22.0 Å². The summed E-state index contributed by atoms with van der Waals surface area (Å²) in [5.41, 5.74) is 3.54. The van der Waals surface area contributed by atoms with Crippen molar-refractivity contribution in [3.63, 3.8) is 0 Å². The number of nitrogens with zero attached hydrogens (tertiary/aromatic N) is 2. The number of nitrogens with one attached hydrogen (secondary N) is 2. The third kappa shape index (κ3) is 6.30. The Hall–Kier alpha value is -4.12. The van der Waals surface area contributed by atoms with E-state index in [1.165, 1.54) is 0 Å². The van der Waals surface area contributed by atoms with Gasteiger partial charge in [0.15, 0.2) is 0 Å². The van der Waals surface area contributed by atoms with Crippen LogP contribution in [-0.4, -0.2) is 33.0 Å². The molecule has 0 fully saturated rings. The van der Waals surface area contributed by atoms with Gasteiger partial charge in [-0.25, -0.2) is 0 Å². The van der Waals surface area contributed by atoms with Crippen LogP contribution in [0.1, 0.15) is 73.6 Å². The van der Waals surface area contributed by atoms with Crippen LogP contribution in [0.25, 0.3) is 10.9 Å². The number of amides is 2. The van der Waals surface area contributed by atoms with Crippen LogP contribution in [-0.2, 0) is 16.0 Å². The zero-order chi connectivity index (χ0) is 26.6. The topological polar surface area (TPSA) is 124 Å². The average Bonchev–Trinajstić information content (AvgIpc) is 3.13. The van der Waals surface area contributed by atoms with Crippen molar-refractivity contribution in [1.82, 2.24) is 9.88 Å². The van der Waals surface area contributed by atoms with Crippen molar-refractivity contribution in [2.24, 2.45) is 0 Å². The summed E-state index contributed by atoms with van der Waals surface area (Å²) in [5.74, 6) is -1.36. The third-order valence-corrected chi connectivity index (χ3v) is 5.91. The van der Waals surface area contributed by atoms with Crippen LogP contribution < -0.4 is 10.6 Å². The summed E-state index contributed by atoms with van der Waals surface area (Å²) < 4.78 is 1.84. The summed E-state index contributed by atoms with van der Waals surface area (Å²) >= 11 is 0. The Balaban J connectivity index is 1.90. The lowest BCUT2D eigenvalue weighted by atomic mass is 10.0. The molecule has 0 aliphatic rings. The minimum absolute atomic E-state index is 0.0174. The molecule has 0 saturated heterocycles. The van der Waals surface area contributed by atoms with E-state index in [4.69, 9.17) is 5.11 Å². The van der Waals surface area contributed by atoms with E-state index in [0.29, 0.717) is 29.7 Å². The number of rotatable bonds is 8. The molecule has 0 saturated carbocycles. The van der Waals surface area contributed by atoms with Gasteiger partial charge in [0.2, 0.25) is 5.91 Å². The molecule has 8 nitrogen and oxygen atoms in total. The van der Waals surface area contributed by atoms with Gasteiger partial charge in [-0.1, -0.05) is 12.1 Å². The Morgan fingerprint density at radius 2 is 1.86 bits per heavy atom. The number of fused-ring (bicyclic) bond motifs is 1. The number of aryl methyl sites for hydroxylation is 2. The number of hydrogen-bond acceptors (Lipinski definition) is 4. The summed E-state index contributed by atoms with van der Waals surface area (Å²) in [4.78, 5) is 37.0. The molecule has 188 valence electrons. The lowest BCUT2D eigenvalue weighted by molar-refractivity contribution is -0.137. The monoisotopic (exact) mass is 488 g/mol. The van der Waals surface area contributed by atoms with E-state index in [1.807, 2.05) is 44.5 Å². The van der Waals surface area contributed by atoms with Gasteiger partial charge in [-0.15, -0.1) is 0 Å². The summed E-state index contributed by atoms with van der Waals surface area (Å²) in [7, 11) is 0. The first-order valence-electron chi connectivity index (χ1n) is 11.9. The van der Waals surface area contributed by atoms with Gasteiger partial charge in [-0.2, -0.15) is 5.26 Å². The predicted molar refractivity (Wildman–Crippen MR) is 139 cm³/mol. The Morgan fingerprint density at radius 3 is 2.50 bits per heavy atom. The molecule has 0 aliphatic heterocycles. The number of aromatic nitrogens is 1. The summed E-state index contributed by atoms with van der Waals surface area (Å²) in [5, 5.41) is 25.1. The van der Waals surface area contributed by atoms with E-state index in [1.54, 1.807) is 37.3 Å². The largest absolute Gasteiger partial charge is 0.481 e. The van der Waals surface area contributed by atoms with Crippen molar-refractivity contribution in [3.8, 4) is 6.07 Å². The zero-order valence-electron chi connectivity index (χ0n) is 21.3. The van der Waals surface area contributed by atoms with Crippen molar-refractivity contribution in [3.05, 3.63) is 64.8 Å². The van der Waals surface area contributed by atoms with Crippen molar-refractivity contribution in [2.75, 3.05) is 5.32 Å². The Morgan fingerprint density at radius 1 is 1.14 bits per heavy atom. The maximum absolute atomic E-state index is 13.3. The number of carbonyl (C=O) groups is 3. The molecule has 0 unspecified atom stereocenters. The molecule has 2 aromatic carbocycles. The van der Waals surface area contributed by atoms with Crippen LogP contribution in [0.5, 0.6) is 0 Å². The van der Waals surface area contributed by atoms with Crippen LogP contribution in [0.4, 0.5) is 5.69 Å². The highest BCUT2D eigenvalue weighted by molar-refractivity contribution is 6.00. The lowest BCUT2D eigenvalue weighted by Gasteiger charge is -2.21. The highest BCUT2D eigenvalue weighted by Crippen LogP contribution is 2.27. The summed E-state index contributed by atoms with van der Waals surface area (Å²) in [6.45, 7) is 9.48. The fraction of sp³-hybridized carbons (Fsp3) is 0.357. The molecule has 3 rings (SSSR count). The predicted octanol–water partition coefficient (Wildman–Crippen LogP) is 4.96. The molecule has 0 aliphatic carbocycles. The fourth-order valence-corrected chi connectivity index (χ4v) is 4.07. The lowest BCUT2D eigenvalue weighted by Crippen LogP contribution is -2.40. The normalized spacial score (nSPS) is 12.1. The SMILES string of the molecule is Cc1cn([C@H](C)C(=O)Nc2cc(C#N)ccc2CCCC(=O)O)c2cc(C(=O)NC(C)(C)C)ccc12. The third-order valence-electron chi connectivity index (χ3n) is 5.91. The van der Waals surface area contributed by atoms with Crippen LogP contribution in [0, 0.1) is 18.3 Å². The summed E-state index contributed by atoms with van der Waals surface area (Å²) in [6, 6.07) is 11.9. The van der Waals surface area contributed by atoms with Gasteiger partial charge < -0.3 is 20.3 Å². The smallest absolute Gasteiger partial charge is 0.303 e. The van der Waals surface area contributed by atoms with Crippen LogP contribution in [0.2, 0.25) is 0 Å². The first-order valence-corrected chi connectivity index (χ1v) is 11.9. The standard InChI is InChI=1S/C28H32N4O4/c1-17-16-32(24-14-21(11-12-22(17)24)27(36)31-28(3,4)5)18(2)26(35)30-23-13-19(15-29)9-10-20(23)7-6-8-25(33)34/h9-14,16,18H,6-8H2,1-5H3,(H,30,35)(H,31,36)(H,33,34)/t18-/m1/s1. The van der Waals surface area contributed by atoms with E-state index >= 15 is 0 Å². The van der Waals surface area contributed by atoms with E-state index < -0.39 is 12.0 Å². The van der Waals surface area contributed by atoms with Gasteiger partial charge in [0, 0.05) is 40.3 Å². The number of carboxylic acids is 1. The molecular weight excluding hydrogens is 456 g/mol. The van der Waals surface area contributed by atoms with Crippen LogP contribution in [0.3, 0.4) is 0 Å². The van der Waals surface area contributed by atoms with Gasteiger partial charge in [0.1, 0.15) is 6.04 Å². The second-order valence-electron chi connectivity index (χ2n) is 10.1. The molecule has 1 aromatic heterocycles. The van der Waals surface area contributed by atoms with Crippen molar-refractivity contribution in [2.45, 2.75) is 65.5 Å². The minimum Gasteiger partial charge on any atom is -0.481 e. The Labute approximate surface area is 210 Å². The molecule has 0 radical (unpaired) electrons. The van der Waals surface area contributed by atoms with E-state index in [-0.39, 0.29) is 23.8 Å². The van der Waals surface area contributed by atoms with Gasteiger partial charge in [-0.3, -0.25) is 14.4 Å². The number of carbonyl (C=O) groups excluding carboxylic acids is 2. The number of carboxylic acid groups (broad SMARTS) is 1. The van der Waals surface area contributed by atoms with Crippen molar-refractivity contribution >= 4 is 34.4 Å². The van der Waals surface area contributed by atoms with Gasteiger partial charge in [-0.05, 0) is 82.9 Å². The molecule has 3 aromatic rings. The maximum Gasteiger partial charge on any atom is 0.303 e. The van der Waals surface area contributed by atoms with Gasteiger partial charge >= 0.3 is 5.97 Å². The highest BCUT2D eigenvalue weighted by Gasteiger charge is 2.21. The quantitative estimate of drug-likeness (QED) is 0.413. The van der Waals surface area contributed by atoms with Crippen molar-refractivity contribution < 1.29 is 19.5 Å². The fourth-order valence-electron chi connectivity index (χ4n) is 4.07. The number of aliphatic carboxylic acids is 1. The van der Waals surface area contributed by atoms with E-state index in [2.05, 4.69) is 16.7 Å². The maximum atomic E-state index is 13.3. The van der Waals surface area contributed by atoms with Crippen LogP contribution >= 0.6 is 0 Å². The summed E-state index contributed by atoms with van der Waals surface area (Å²) in [6.07, 6.45) is 2.78. The number of anilines is 1. The van der Waals surface area contributed by atoms with E-state index in [9.17, 15) is 19.6 Å². The molecule has 1 atom stereocenters.